The third-order valence-corrected chi connectivity index (χ3v) is 7.09. The minimum Gasteiger partial charge on any atom is -0.493 e. The summed E-state index contributed by atoms with van der Waals surface area (Å²) in [5.74, 6) is 0.225. The van der Waals surface area contributed by atoms with E-state index < -0.39 is 22.0 Å². The molecular weight excluding hydrogens is 460 g/mol. The number of carbonyl (C=O) groups is 1. The smallest absolute Gasteiger partial charge is 0.242 e. The maximum atomic E-state index is 13.2. The zero-order valence-electron chi connectivity index (χ0n) is 18.6. The van der Waals surface area contributed by atoms with Crippen LogP contribution in [-0.2, 0) is 21.2 Å². The summed E-state index contributed by atoms with van der Waals surface area (Å²) in [7, 11) is -1.14. The number of ether oxygens (including phenoxy) is 2. The molecule has 7 nitrogen and oxygen atoms in total. The third kappa shape index (κ3) is 6.50. The summed E-state index contributed by atoms with van der Waals surface area (Å²) >= 11 is 1.55. The third-order valence-electron chi connectivity index (χ3n) is 4.90. The molecule has 0 aliphatic rings. The highest BCUT2D eigenvalue weighted by Gasteiger charge is 2.27. The number of anilines is 1. The van der Waals surface area contributed by atoms with Gasteiger partial charge in [-0.15, -0.1) is 11.8 Å². The van der Waals surface area contributed by atoms with Gasteiger partial charge in [-0.05, 0) is 48.6 Å². The van der Waals surface area contributed by atoms with Crippen LogP contribution in [0.1, 0.15) is 5.56 Å². The van der Waals surface area contributed by atoms with E-state index >= 15 is 0 Å². The second-order valence-electron chi connectivity index (χ2n) is 7.10. The second kappa shape index (κ2) is 11.2. The lowest BCUT2D eigenvalue weighted by Gasteiger charge is -2.19. The van der Waals surface area contributed by atoms with E-state index in [0.717, 1.165) is 10.5 Å². The van der Waals surface area contributed by atoms with Crippen LogP contribution in [0.5, 0.6) is 11.5 Å². The van der Waals surface area contributed by atoms with E-state index in [1.54, 1.807) is 17.8 Å². The lowest BCUT2D eigenvalue weighted by molar-refractivity contribution is -0.117. The van der Waals surface area contributed by atoms with Gasteiger partial charge < -0.3 is 14.8 Å². The molecule has 0 saturated carbocycles. The number of carbonyl (C=O) groups excluding carboxylic acids is 1. The van der Waals surface area contributed by atoms with Gasteiger partial charge in [-0.3, -0.25) is 4.79 Å². The maximum Gasteiger partial charge on any atom is 0.242 e. The predicted molar refractivity (Wildman–Crippen MR) is 131 cm³/mol. The Morgan fingerprint density at radius 1 is 0.939 bits per heavy atom. The fourth-order valence-corrected chi connectivity index (χ4v) is 4.88. The molecule has 33 heavy (non-hydrogen) atoms. The van der Waals surface area contributed by atoms with E-state index in [-0.39, 0.29) is 17.1 Å². The molecule has 3 aromatic carbocycles. The van der Waals surface area contributed by atoms with Crippen LogP contribution in [0, 0.1) is 0 Å². The summed E-state index contributed by atoms with van der Waals surface area (Å²) in [5, 5.41) is 2.83. The van der Waals surface area contributed by atoms with Crippen LogP contribution in [0.25, 0.3) is 0 Å². The average molecular weight is 487 g/mol. The van der Waals surface area contributed by atoms with Gasteiger partial charge >= 0.3 is 0 Å². The first-order valence-electron chi connectivity index (χ1n) is 10.1. The van der Waals surface area contributed by atoms with Gasteiger partial charge in [0.1, 0.15) is 6.04 Å². The Hall–Kier alpha value is -3.01. The van der Waals surface area contributed by atoms with Crippen molar-refractivity contribution >= 4 is 33.4 Å². The standard InChI is InChI=1S/C24H26N2O5S2/c1-30-22-13-12-20(16-23(22)31-2)33(28,29)26-21(14-17-8-5-4-6-9-17)24(27)25-18-10-7-11-19(15-18)32-3/h4-13,15-16,21,26H,14H2,1-3H3,(H,25,27)/t21-/m0/s1. The quantitative estimate of drug-likeness (QED) is 0.422. The lowest BCUT2D eigenvalue weighted by Crippen LogP contribution is -2.45. The van der Waals surface area contributed by atoms with E-state index in [1.165, 1.54) is 32.4 Å². The van der Waals surface area contributed by atoms with E-state index in [2.05, 4.69) is 10.0 Å². The number of thioether (sulfide) groups is 1. The van der Waals surface area contributed by atoms with Crippen molar-refractivity contribution in [3.63, 3.8) is 0 Å². The van der Waals surface area contributed by atoms with Crippen LogP contribution in [0.3, 0.4) is 0 Å². The van der Waals surface area contributed by atoms with Crippen molar-refractivity contribution in [3.05, 3.63) is 78.4 Å². The Balaban J connectivity index is 1.89. The van der Waals surface area contributed by atoms with Gasteiger partial charge in [-0.25, -0.2) is 8.42 Å². The number of hydrogen-bond acceptors (Lipinski definition) is 6. The van der Waals surface area contributed by atoms with Crippen molar-refractivity contribution in [2.75, 3.05) is 25.8 Å². The zero-order valence-corrected chi connectivity index (χ0v) is 20.2. The van der Waals surface area contributed by atoms with E-state index in [4.69, 9.17) is 9.47 Å². The summed E-state index contributed by atoms with van der Waals surface area (Å²) < 4.78 is 39.3. The van der Waals surface area contributed by atoms with Crippen LogP contribution < -0.4 is 19.5 Å². The Morgan fingerprint density at radius 3 is 2.33 bits per heavy atom. The monoisotopic (exact) mass is 486 g/mol. The first-order valence-corrected chi connectivity index (χ1v) is 12.8. The number of methoxy groups -OCH3 is 2. The summed E-state index contributed by atoms with van der Waals surface area (Å²) in [6.45, 7) is 0. The van der Waals surface area contributed by atoms with Gasteiger partial charge in [0.15, 0.2) is 11.5 Å². The second-order valence-corrected chi connectivity index (χ2v) is 9.70. The number of benzene rings is 3. The molecule has 0 aromatic heterocycles. The van der Waals surface area contributed by atoms with Crippen molar-refractivity contribution in [1.29, 1.82) is 0 Å². The van der Waals surface area contributed by atoms with E-state index in [9.17, 15) is 13.2 Å². The molecule has 0 fully saturated rings. The predicted octanol–water partition coefficient (Wildman–Crippen LogP) is 3.95. The van der Waals surface area contributed by atoms with Crippen molar-refractivity contribution in [3.8, 4) is 11.5 Å². The summed E-state index contributed by atoms with van der Waals surface area (Å²) in [6, 6.07) is 19.8. The molecule has 0 aliphatic heterocycles. The summed E-state index contributed by atoms with van der Waals surface area (Å²) in [4.78, 5) is 14.1. The van der Waals surface area contributed by atoms with Crippen LogP contribution in [0.15, 0.2) is 82.6 Å². The number of hydrogen-bond donors (Lipinski definition) is 2. The maximum absolute atomic E-state index is 13.2. The minimum absolute atomic E-state index is 0.0320. The molecule has 3 aromatic rings. The van der Waals surface area contributed by atoms with Gasteiger partial charge in [0, 0.05) is 16.6 Å². The Bertz CT molecular complexity index is 1200. The average Bonchev–Trinajstić information content (AvgIpc) is 2.83. The highest BCUT2D eigenvalue weighted by atomic mass is 32.2. The Kier molecular flexibility index (Phi) is 8.37. The van der Waals surface area contributed by atoms with E-state index in [0.29, 0.717) is 11.4 Å². The van der Waals surface area contributed by atoms with Crippen molar-refractivity contribution in [2.24, 2.45) is 0 Å². The minimum atomic E-state index is -4.04. The molecule has 0 aliphatic carbocycles. The fourth-order valence-electron chi connectivity index (χ4n) is 3.21. The molecule has 2 N–H and O–H groups in total. The van der Waals surface area contributed by atoms with Gasteiger partial charge in [-0.2, -0.15) is 4.72 Å². The molecule has 0 radical (unpaired) electrons. The molecule has 1 atom stereocenters. The van der Waals surface area contributed by atoms with Gasteiger partial charge in [0.25, 0.3) is 0 Å². The highest BCUT2D eigenvalue weighted by molar-refractivity contribution is 7.98. The Labute approximate surface area is 198 Å². The molecule has 9 heteroatoms. The first-order chi connectivity index (χ1) is 15.9. The molecule has 1 amide bonds. The Morgan fingerprint density at radius 2 is 1.67 bits per heavy atom. The highest BCUT2D eigenvalue weighted by Crippen LogP contribution is 2.29. The normalized spacial score (nSPS) is 12.1. The van der Waals surface area contributed by atoms with Crippen LogP contribution in [-0.4, -0.2) is 40.8 Å². The molecule has 0 heterocycles. The molecule has 3 rings (SSSR count). The number of sulfonamides is 1. The molecule has 0 unspecified atom stereocenters. The molecule has 0 bridgehead atoms. The number of nitrogens with one attached hydrogen (secondary N) is 2. The lowest BCUT2D eigenvalue weighted by atomic mass is 10.1. The van der Waals surface area contributed by atoms with Crippen LogP contribution >= 0.6 is 11.8 Å². The first kappa shape index (κ1) is 24.6. The van der Waals surface area contributed by atoms with Gasteiger partial charge in [0.2, 0.25) is 15.9 Å². The van der Waals surface area contributed by atoms with Crippen molar-refractivity contribution < 1.29 is 22.7 Å². The van der Waals surface area contributed by atoms with E-state index in [1.807, 2.05) is 54.8 Å². The number of rotatable bonds is 10. The molecule has 0 spiro atoms. The largest absolute Gasteiger partial charge is 0.493 e. The molecule has 174 valence electrons. The summed E-state index contributed by atoms with van der Waals surface area (Å²) in [6.07, 6.45) is 2.12. The molecule has 0 saturated heterocycles. The number of amides is 1. The summed E-state index contributed by atoms with van der Waals surface area (Å²) in [5.41, 5.74) is 1.42. The van der Waals surface area contributed by atoms with Gasteiger partial charge in [-0.1, -0.05) is 36.4 Å². The zero-order chi connectivity index (χ0) is 23.8. The van der Waals surface area contributed by atoms with Gasteiger partial charge in [0.05, 0.1) is 19.1 Å². The SMILES string of the molecule is COc1ccc(S(=O)(=O)N[C@@H](Cc2ccccc2)C(=O)Nc2cccc(SC)c2)cc1OC. The van der Waals surface area contributed by atoms with Crippen LogP contribution in [0.4, 0.5) is 5.69 Å². The molecular formula is C24H26N2O5S2. The topological polar surface area (TPSA) is 93.7 Å². The van der Waals surface area contributed by atoms with Crippen LogP contribution in [0.2, 0.25) is 0 Å². The van der Waals surface area contributed by atoms with Crippen molar-refractivity contribution in [1.82, 2.24) is 4.72 Å². The fraction of sp³-hybridized carbons (Fsp3) is 0.208. The van der Waals surface area contributed by atoms with Crippen molar-refractivity contribution in [2.45, 2.75) is 22.3 Å².